The summed E-state index contributed by atoms with van der Waals surface area (Å²) in [7, 11) is 1.66. The van der Waals surface area contributed by atoms with Gasteiger partial charge in [0.1, 0.15) is 0 Å². The van der Waals surface area contributed by atoms with Gasteiger partial charge in [0.15, 0.2) is 5.11 Å². The quantitative estimate of drug-likeness (QED) is 0.480. The molecule has 0 unspecified atom stereocenters. The predicted octanol–water partition coefficient (Wildman–Crippen LogP) is 2.57. The lowest BCUT2D eigenvalue weighted by atomic mass is 10.1. The zero-order valence-corrected chi connectivity index (χ0v) is 12.9. The highest BCUT2D eigenvalue weighted by Crippen LogP contribution is 2.04. The number of hydrogen-bond donors (Lipinski definition) is 2. The fourth-order valence-electron chi connectivity index (χ4n) is 1.59. The van der Waals surface area contributed by atoms with E-state index in [0.29, 0.717) is 11.7 Å². The summed E-state index contributed by atoms with van der Waals surface area (Å²) in [5, 5.41) is 7.64. The lowest BCUT2D eigenvalue weighted by Gasteiger charge is -2.13. The smallest absolute Gasteiger partial charge is 0.187 e. The summed E-state index contributed by atoms with van der Waals surface area (Å²) in [5.74, 6) is 0. The number of methoxy groups -OCH3 is 1. The maximum atomic E-state index is 5.12. The SMILES string of the molecule is COC[C@H](C)NC(=S)N/N=C\C(C)=C\c1ccccc1. The lowest BCUT2D eigenvalue weighted by molar-refractivity contribution is 0.179. The third-order valence-electron chi connectivity index (χ3n) is 2.42. The minimum atomic E-state index is 0.149. The molecule has 0 aliphatic carbocycles. The van der Waals surface area contributed by atoms with Gasteiger partial charge in [-0.05, 0) is 37.2 Å². The van der Waals surface area contributed by atoms with E-state index in [1.807, 2.05) is 44.2 Å². The van der Waals surface area contributed by atoms with Crippen molar-refractivity contribution in [2.45, 2.75) is 19.9 Å². The molecule has 0 fully saturated rings. The molecule has 1 rings (SSSR count). The highest BCUT2D eigenvalue weighted by Gasteiger charge is 2.01. The van der Waals surface area contributed by atoms with Crippen LogP contribution in [0.15, 0.2) is 41.0 Å². The molecule has 0 saturated heterocycles. The monoisotopic (exact) mass is 291 g/mol. The molecule has 0 aromatic heterocycles. The van der Waals surface area contributed by atoms with Crippen LogP contribution in [0.5, 0.6) is 0 Å². The van der Waals surface area contributed by atoms with Crippen molar-refractivity contribution in [3.63, 3.8) is 0 Å². The molecule has 0 bridgehead atoms. The Morgan fingerprint density at radius 1 is 1.40 bits per heavy atom. The molecule has 0 amide bonds. The molecule has 0 radical (unpaired) electrons. The van der Waals surface area contributed by atoms with E-state index in [0.717, 1.165) is 11.1 Å². The van der Waals surface area contributed by atoms with E-state index in [-0.39, 0.29) is 6.04 Å². The lowest BCUT2D eigenvalue weighted by Crippen LogP contribution is -2.40. The summed E-state index contributed by atoms with van der Waals surface area (Å²) < 4.78 is 5.02. The Labute approximate surface area is 125 Å². The number of hydrazone groups is 1. The molecule has 108 valence electrons. The van der Waals surface area contributed by atoms with Crippen LogP contribution >= 0.6 is 12.2 Å². The number of thiocarbonyl (C=S) groups is 1. The second-order valence-corrected chi connectivity index (χ2v) is 4.91. The van der Waals surface area contributed by atoms with Crippen molar-refractivity contribution >= 4 is 29.6 Å². The predicted molar refractivity (Wildman–Crippen MR) is 88.8 cm³/mol. The fraction of sp³-hybridized carbons (Fsp3) is 0.333. The number of nitrogens with zero attached hydrogens (tertiary/aromatic N) is 1. The van der Waals surface area contributed by atoms with E-state index in [2.05, 4.69) is 21.9 Å². The number of allylic oxidation sites excluding steroid dienone is 1. The van der Waals surface area contributed by atoms with Gasteiger partial charge < -0.3 is 10.1 Å². The third kappa shape index (κ3) is 7.01. The molecule has 1 aromatic carbocycles. The first-order chi connectivity index (χ1) is 9.61. The van der Waals surface area contributed by atoms with Crippen LogP contribution in [0, 0.1) is 0 Å². The van der Waals surface area contributed by atoms with Crippen LogP contribution in [0.2, 0.25) is 0 Å². The average Bonchev–Trinajstić information content (AvgIpc) is 2.39. The fourth-order valence-corrected chi connectivity index (χ4v) is 1.84. The molecule has 1 atom stereocenters. The van der Waals surface area contributed by atoms with Gasteiger partial charge in [-0.15, -0.1) is 0 Å². The first-order valence-electron chi connectivity index (χ1n) is 6.43. The summed E-state index contributed by atoms with van der Waals surface area (Å²) in [6.07, 6.45) is 3.79. The molecule has 0 heterocycles. The Morgan fingerprint density at radius 3 is 2.75 bits per heavy atom. The number of ether oxygens (including phenoxy) is 1. The summed E-state index contributed by atoms with van der Waals surface area (Å²) >= 11 is 5.12. The van der Waals surface area contributed by atoms with Crippen molar-refractivity contribution in [1.82, 2.24) is 10.7 Å². The van der Waals surface area contributed by atoms with Crippen molar-refractivity contribution < 1.29 is 4.74 Å². The zero-order chi connectivity index (χ0) is 14.8. The van der Waals surface area contributed by atoms with Crippen molar-refractivity contribution in [2.24, 2.45) is 5.10 Å². The van der Waals surface area contributed by atoms with Gasteiger partial charge in [-0.2, -0.15) is 5.10 Å². The Bertz CT molecular complexity index is 471. The maximum absolute atomic E-state index is 5.12. The minimum absolute atomic E-state index is 0.149. The second-order valence-electron chi connectivity index (χ2n) is 4.50. The number of nitrogens with one attached hydrogen (secondary N) is 2. The van der Waals surface area contributed by atoms with Crippen LogP contribution < -0.4 is 10.7 Å². The summed E-state index contributed by atoms with van der Waals surface area (Å²) in [4.78, 5) is 0. The highest BCUT2D eigenvalue weighted by molar-refractivity contribution is 7.80. The van der Waals surface area contributed by atoms with E-state index >= 15 is 0 Å². The number of rotatable bonds is 6. The minimum Gasteiger partial charge on any atom is -0.383 e. The average molecular weight is 291 g/mol. The van der Waals surface area contributed by atoms with Crippen LogP contribution in [0.3, 0.4) is 0 Å². The summed E-state index contributed by atoms with van der Waals surface area (Å²) in [6, 6.07) is 10.2. The van der Waals surface area contributed by atoms with E-state index < -0.39 is 0 Å². The van der Waals surface area contributed by atoms with E-state index in [4.69, 9.17) is 17.0 Å². The molecule has 4 nitrogen and oxygen atoms in total. The molecule has 0 aliphatic rings. The topological polar surface area (TPSA) is 45.6 Å². The summed E-state index contributed by atoms with van der Waals surface area (Å²) in [5.41, 5.74) is 4.96. The van der Waals surface area contributed by atoms with Gasteiger partial charge >= 0.3 is 0 Å². The molecule has 2 N–H and O–H groups in total. The molecule has 20 heavy (non-hydrogen) atoms. The van der Waals surface area contributed by atoms with Gasteiger partial charge in [0, 0.05) is 13.2 Å². The molecule has 0 aliphatic heterocycles. The molecular weight excluding hydrogens is 270 g/mol. The van der Waals surface area contributed by atoms with Gasteiger partial charge in [-0.25, -0.2) is 0 Å². The number of hydrogen-bond acceptors (Lipinski definition) is 3. The molecule has 1 aromatic rings. The van der Waals surface area contributed by atoms with Gasteiger partial charge in [0.2, 0.25) is 0 Å². The van der Waals surface area contributed by atoms with Gasteiger partial charge in [-0.1, -0.05) is 36.4 Å². The van der Waals surface area contributed by atoms with Crippen molar-refractivity contribution in [3.8, 4) is 0 Å². The largest absolute Gasteiger partial charge is 0.383 e. The van der Waals surface area contributed by atoms with Crippen LogP contribution in [-0.4, -0.2) is 31.1 Å². The Morgan fingerprint density at radius 2 is 2.10 bits per heavy atom. The molecule has 0 saturated carbocycles. The highest BCUT2D eigenvalue weighted by atomic mass is 32.1. The molecule has 0 spiro atoms. The van der Waals surface area contributed by atoms with Crippen LogP contribution in [0.1, 0.15) is 19.4 Å². The summed E-state index contributed by atoms with van der Waals surface area (Å²) in [6.45, 7) is 4.57. The number of benzene rings is 1. The normalized spacial score (nSPS) is 13.2. The first kappa shape index (κ1) is 16.3. The Balaban J connectivity index is 2.40. The van der Waals surface area contributed by atoms with Crippen LogP contribution in [0.4, 0.5) is 0 Å². The van der Waals surface area contributed by atoms with Crippen molar-refractivity contribution in [1.29, 1.82) is 0 Å². The Kier molecular flexibility index (Phi) is 7.54. The Hall–Kier alpha value is -1.72. The van der Waals surface area contributed by atoms with E-state index in [1.54, 1.807) is 13.3 Å². The van der Waals surface area contributed by atoms with Gasteiger partial charge in [0.05, 0.1) is 12.8 Å². The van der Waals surface area contributed by atoms with E-state index in [9.17, 15) is 0 Å². The van der Waals surface area contributed by atoms with Crippen LogP contribution in [0.25, 0.3) is 6.08 Å². The first-order valence-corrected chi connectivity index (χ1v) is 6.84. The van der Waals surface area contributed by atoms with Gasteiger partial charge in [-0.3, -0.25) is 5.43 Å². The van der Waals surface area contributed by atoms with Gasteiger partial charge in [0.25, 0.3) is 0 Å². The standard InChI is InChI=1S/C15H21N3OS/c1-12(9-14-7-5-4-6-8-14)10-16-18-15(20)17-13(2)11-19-3/h4-10,13H,11H2,1-3H3,(H2,17,18,20)/b12-9+,16-10-/t13-/m0/s1. The van der Waals surface area contributed by atoms with Crippen molar-refractivity contribution in [3.05, 3.63) is 41.5 Å². The third-order valence-corrected chi connectivity index (χ3v) is 2.63. The molecule has 5 heteroatoms. The zero-order valence-electron chi connectivity index (χ0n) is 12.1. The molecular formula is C15H21N3OS. The van der Waals surface area contributed by atoms with E-state index in [1.165, 1.54) is 0 Å². The van der Waals surface area contributed by atoms with Crippen LogP contribution in [-0.2, 0) is 4.74 Å². The van der Waals surface area contributed by atoms with Crippen molar-refractivity contribution in [2.75, 3.05) is 13.7 Å². The second kappa shape index (κ2) is 9.23. The maximum Gasteiger partial charge on any atom is 0.187 e.